The van der Waals surface area contributed by atoms with Crippen LogP contribution in [-0.2, 0) is 16.0 Å². The lowest BCUT2D eigenvalue weighted by atomic mass is 9.88. The summed E-state index contributed by atoms with van der Waals surface area (Å²) in [5, 5.41) is 8.90. The highest BCUT2D eigenvalue weighted by Crippen LogP contribution is 2.34. The zero-order valence-electron chi connectivity index (χ0n) is 11.1. The van der Waals surface area contributed by atoms with E-state index in [2.05, 4.69) is 0 Å². The molecule has 0 bridgehead atoms. The number of carbonyl (C=O) groups is 2. The quantitative estimate of drug-likeness (QED) is 0.808. The molecule has 5 nitrogen and oxygen atoms in total. The van der Waals surface area contributed by atoms with Crippen molar-refractivity contribution in [3.05, 3.63) is 23.8 Å². The van der Waals surface area contributed by atoms with Crippen LogP contribution < -0.4 is 10.6 Å². The number of carbonyl (C=O) groups excluding carboxylic acids is 1. The Hall–Kier alpha value is -2.04. The maximum atomic E-state index is 12.0. The maximum Gasteiger partial charge on any atom is 0.303 e. The largest absolute Gasteiger partial charge is 0.481 e. The van der Waals surface area contributed by atoms with Gasteiger partial charge in [0.05, 0.1) is 12.8 Å². The Bertz CT molecular complexity index is 537. The monoisotopic (exact) mass is 262 g/mol. The van der Waals surface area contributed by atoms with E-state index in [1.54, 1.807) is 17.0 Å². The molecule has 1 aliphatic rings. The molecule has 0 aromatic heterocycles. The fourth-order valence-corrected chi connectivity index (χ4v) is 2.47. The minimum atomic E-state index is -0.853. The van der Waals surface area contributed by atoms with Crippen molar-refractivity contribution in [2.75, 3.05) is 17.2 Å². The van der Waals surface area contributed by atoms with Gasteiger partial charge in [-0.05, 0) is 29.2 Å². The molecule has 3 N–H and O–H groups in total. The van der Waals surface area contributed by atoms with Crippen molar-refractivity contribution in [1.29, 1.82) is 0 Å². The van der Waals surface area contributed by atoms with E-state index in [1.165, 1.54) is 0 Å². The molecule has 102 valence electrons. The molecule has 0 aliphatic carbocycles. The zero-order valence-corrected chi connectivity index (χ0v) is 11.1. The fraction of sp³-hybridized carbons (Fsp3) is 0.429. The summed E-state index contributed by atoms with van der Waals surface area (Å²) in [6, 6.07) is 5.39. The fourth-order valence-electron chi connectivity index (χ4n) is 2.47. The number of nitrogens with zero attached hydrogens (tertiary/aromatic N) is 1. The van der Waals surface area contributed by atoms with Crippen LogP contribution in [0.2, 0.25) is 0 Å². The summed E-state index contributed by atoms with van der Waals surface area (Å²) >= 11 is 0. The molecular formula is C14H18N2O3. The van der Waals surface area contributed by atoms with Gasteiger partial charge in [-0.15, -0.1) is 0 Å². The first-order valence-corrected chi connectivity index (χ1v) is 6.19. The number of carboxylic acids is 1. The predicted molar refractivity (Wildman–Crippen MR) is 72.9 cm³/mol. The molecule has 0 radical (unpaired) electrons. The topological polar surface area (TPSA) is 83.6 Å². The number of hydrogen-bond acceptors (Lipinski definition) is 3. The molecule has 19 heavy (non-hydrogen) atoms. The molecule has 1 aromatic rings. The summed E-state index contributed by atoms with van der Waals surface area (Å²) in [7, 11) is 0. The molecule has 2 rings (SSSR count). The summed E-state index contributed by atoms with van der Waals surface area (Å²) in [6.07, 6.45) is 0.366. The van der Waals surface area contributed by atoms with Gasteiger partial charge in [-0.1, -0.05) is 13.8 Å². The van der Waals surface area contributed by atoms with Crippen molar-refractivity contribution in [2.45, 2.75) is 26.7 Å². The predicted octanol–water partition coefficient (Wildman–Crippen LogP) is 1.66. The third-order valence-electron chi connectivity index (χ3n) is 3.25. The lowest BCUT2D eigenvalue weighted by molar-refractivity contribution is -0.139. The molecule has 1 amide bonds. The number of nitrogen functional groups attached to an aromatic ring is 1. The molecular weight excluding hydrogens is 244 g/mol. The van der Waals surface area contributed by atoms with Gasteiger partial charge in [-0.3, -0.25) is 9.59 Å². The summed E-state index contributed by atoms with van der Waals surface area (Å²) in [6.45, 7) is 4.10. The van der Waals surface area contributed by atoms with Gasteiger partial charge in [0.1, 0.15) is 0 Å². The highest BCUT2D eigenvalue weighted by Gasteiger charge is 2.33. The minimum absolute atomic E-state index is 0.000867. The Balaban J connectivity index is 2.23. The summed E-state index contributed by atoms with van der Waals surface area (Å²) in [5.41, 5.74) is 7.63. The number of fused-ring (bicyclic) bond motifs is 1. The van der Waals surface area contributed by atoms with Crippen molar-refractivity contribution >= 4 is 23.3 Å². The van der Waals surface area contributed by atoms with Gasteiger partial charge >= 0.3 is 5.97 Å². The van der Waals surface area contributed by atoms with Crippen LogP contribution in [0.3, 0.4) is 0 Å². The second-order valence-corrected chi connectivity index (χ2v) is 5.78. The molecule has 0 fully saturated rings. The molecule has 0 atom stereocenters. The summed E-state index contributed by atoms with van der Waals surface area (Å²) in [5.74, 6) is -0.853. The highest BCUT2D eigenvalue weighted by molar-refractivity contribution is 6.01. The lowest BCUT2D eigenvalue weighted by Gasteiger charge is -2.29. The number of aliphatic carboxylic acids is 1. The van der Waals surface area contributed by atoms with E-state index < -0.39 is 11.4 Å². The second kappa shape index (κ2) is 4.57. The number of amides is 1. The van der Waals surface area contributed by atoms with Crippen LogP contribution >= 0.6 is 0 Å². The number of nitrogens with two attached hydrogens (primary N) is 1. The molecule has 1 heterocycles. The zero-order chi connectivity index (χ0) is 14.2. The number of benzene rings is 1. The lowest BCUT2D eigenvalue weighted by Crippen LogP contribution is -2.37. The van der Waals surface area contributed by atoms with Crippen LogP contribution in [0.5, 0.6) is 0 Å². The van der Waals surface area contributed by atoms with Crippen LogP contribution in [0.4, 0.5) is 11.4 Å². The second-order valence-electron chi connectivity index (χ2n) is 5.78. The van der Waals surface area contributed by atoms with Gasteiger partial charge in [-0.25, -0.2) is 0 Å². The Morgan fingerprint density at radius 2 is 2.16 bits per heavy atom. The van der Waals surface area contributed by atoms with Crippen LogP contribution in [-0.4, -0.2) is 23.5 Å². The van der Waals surface area contributed by atoms with Crippen molar-refractivity contribution in [3.8, 4) is 0 Å². The van der Waals surface area contributed by atoms with E-state index in [1.807, 2.05) is 19.9 Å². The SMILES string of the molecule is CC(C)(CC(=O)O)CN1C(=O)Cc2cc(N)ccc21. The van der Waals surface area contributed by atoms with E-state index in [0.717, 1.165) is 11.3 Å². The van der Waals surface area contributed by atoms with Gasteiger partial charge < -0.3 is 15.7 Å². The van der Waals surface area contributed by atoms with E-state index in [9.17, 15) is 9.59 Å². The smallest absolute Gasteiger partial charge is 0.303 e. The average Bonchev–Trinajstić information content (AvgIpc) is 2.52. The van der Waals surface area contributed by atoms with Gasteiger partial charge in [0.15, 0.2) is 0 Å². The number of anilines is 2. The first kappa shape index (κ1) is 13.4. The van der Waals surface area contributed by atoms with Crippen molar-refractivity contribution in [2.24, 2.45) is 5.41 Å². The van der Waals surface area contributed by atoms with Crippen LogP contribution in [0.1, 0.15) is 25.8 Å². The Morgan fingerprint density at radius 3 is 2.79 bits per heavy atom. The van der Waals surface area contributed by atoms with Crippen LogP contribution in [0, 0.1) is 5.41 Å². The van der Waals surface area contributed by atoms with E-state index in [0.29, 0.717) is 18.7 Å². The Kier molecular flexibility index (Phi) is 3.22. The number of hydrogen-bond donors (Lipinski definition) is 2. The van der Waals surface area contributed by atoms with Gasteiger partial charge in [0.2, 0.25) is 5.91 Å². The summed E-state index contributed by atoms with van der Waals surface area (Å²) in [4.78, 5) is 24.5. The molecule has 0 spiro atoms. The van der Waals surface area contributed by atoms with Crippen molar-refractivity contribution in [1.82, 2.24) is 0 Å². The van der Waals surface area contributed by atoms with E-state index in [-0.39, 0.29) is 12.3 Å². The third kappa shape index (κ3) is 2.86. The summed E-state index contributed by atoms with van der Waals surface area (Å²) < 4.78 is 0. The Labute approximate surface area is 112 Å². The van der Waals surface area contributed by atoms with Gasteiger partial charge in [-0.2, -0.15) is 0 Å². The van der Waals surface area contributed by atoms with Crippen LogP contribution in [0.15, 0.2) is 18.2 Å². The van der Waals surface area contributed by atoms with Crippen molar-refractivity contribution in [3.63, 3.8) is 0 Å². The van der Waals surface area contributed by atoms with Crippen LogP contribution in [0.25, 0.3) is 0 Å². The molecule has 0 saturated carbocycles. The van der Waals surface area contributed by atoms with E-state index >= 15 is 0 Å². The van der Waals surface area contributed by atoms with Gasteiger partial charge in [0, 0.05) is 17.9 Å². The molecule has 1 aliphatic heterocycles. The highest BCUT2D eigenvalue weighted by atomic mass is 16.4. The number of carboxylic acid groups (broad SMARTS) is 1. The van der Waals surface area contributed by atoms with Crippen molar-refractivity contribution < 1.29 is 14.7 Å². The van der Waals surface area contributed by atoms with E-state index in [4.69, 9.17) is 10.8 Å². The minimum Gasteiger partial charge on any atom is -0.481 e. The average molecular weight is 262 g/mol. The standard InChI is InChI=1S/C14H18N2O3/c1-14(2,7-13(18)19)8-16-11-4-3-10(15)5-9(11)6-12(16)17/h3-5H,6-8,15H2,1-2H3,(H,18,19). The Morgan fingerprint density at radius 1 is 1.47 bits per heavy atom. The molecule has 0 saturated heterocycles. The first-order valence-electron chi connectivity index (χ1n) is 6.19. The molecule has 1 aromatic carbocycles. The molecule has 5 heteroatoms. The van der Waals surface area contributed by atoms with Gasteiger partial charge in [0.25, 0.3) is 0 Å². The molecule has 0 unspecified atom stereocenters. The first-order chi connectivity index (χ1) is 8.78. The number of rotatable bonds is 4. The third-order valence-corrected chi connectivity index (χ3v) is 3.25. The normalized spacial score (nSPS) is 14.6. The maximum absolute atomic E-state index is 12.0.